The van der Waals surface area contributed by atoms with Crippen LogP contribution in [0.2, 0.25) is 0 Å². The van der Waals surface area contributed by atoms with Crippen LogP contribution in [0.25, 0.3) is 11.3 Å². The molecule has 0 radical (unpaired) electrons. The lowest BCUT2D eigenvalue weighted by atomic mass is 10.1. The van der Waals surface area contributed by atoms with Crippen LogP contribution >= 0.6 is 11.3 Å². The molecule has 0 bridgehead atoms. The van der Waals surface area contributed by atoms with E-state index in [9.17, 15) is 10.1 Å². The number of hydrogen-bond acceptors (Lipinski definition) is 5. The second-order valence-electron chi connectivity index (χ2n) is 4.91. The van der Waals surface area contributed by atoms with Crippen LogP contribution in [-0.2, 0) is 0 Å². The summed E-state index contributed by atoms with van der Waals surface area (Å²) in [5.74, 6) is 0. The van der Waals surface area contributed by atoms with Gasteiger partial charge in [-0.25, -0.2) is 4.98 Å². The van der Waals surface area contributed by atoms with Gasteiger partial charge in [-0.3, -0.25) is 15.1 Å². The van der Waals surface area contributed by atoms with Gasteiger partial charge < -0.3 is 0 Å². The van der Waals surface area contributed by atoms with Gasteiger partial charge in [0.15, 0.2) is 0 Å². The highest BCUT2D eigenvalue weighted by Gasteiger charge is 2.03. The van der Waals surface area contributed by atoms with E-state index >= 15 is 0 Å². The van der Waals surface area contributed by atoms with Crippen LogP contribution in [0, 0.1) is 17.0 Å². The van der Waals surface area contributed by atoms with Gasteiger partial charge in [0, 0.05) is 29.3 Å². The molecule has 0 amide bonds. The maximum atomic E-state index is 10.6. The molecule has 6 heteroatoms. The molecule has 3 rings (SSSR count). The van der Waals surface area contributed by atoms with Gasteiger partial charge in [0.25, 0.3) is 5.69 Å². The van der Waals surface area contributed by atoms with E-state index in [0.29, 0.717) is 0 Å². The Kier molecular flexibility index (Phi) is 4.25. The second-order valence-corrected chi connectivity index (χ2v) is 5.97. The van der Waals surface area contributed by atoms with E-state index in [1.807, 2.05) is 36.6 Å². The number of thiazole rings is 1. The van der Waals surface area contributed by atoms with Crippen LogP contribution < -0.4 is 0 Å². The SMILES string of the molecule is Cc1nc(-c2ccc(N=Cc3ccc([N+](=O)[O-])cc3)cc2)cs1. The van der Waals surface area contributed by atoms with Gasteiger partial charge in [-0.15, -0.1) is 11.3 Å². The predicted molar refractivity (Wildman–Crippen MR) is 92.6 cm³/mol. The molecule has 0 saturated heterocycles. The molecule has 0 saturated carbocycles. The number of hydrogen-bond donors (Lipinski definition) is 0. The first kappa shape index (κ1) is 15.1. The summed E-state index contributed by atoms with van der Waals surface area (Å²) < 4.78 is 0. The molecule has 0 aliphatic rings. The number of non-ortho nitro benzene ring substituents is 1. The van der Waals surface area contributed by atoms with Crippen molar-refractivity contribution in [2.24, 2.45) is 4.99 Å². The highest BCUT2D eigenvalue weighted by Crippen LogP contribution is 2.24. The van der Waals surface area contributed by atoms with Gasteiger partial charge in [0.2, 0.25) is 0 Å². The van der Waals surface area contributed by atoms with Gasteiger partial charge in [-0.2, -0.15) is 0 Å². The number of aromatic nitrogens is 1. The van der Waals surface area contributed by atoms with E-state index in [1.165, 1.54) is 12.1 Å². The Balaban J connectivity index is 1.73. The van der Waals surface area contributed by atoms with Crippen molar-refractivity contribution in [1.82, 2.24) is 4.98 Å². The van der Waals surface area contributed by atoms with E-state index in [0.717, 1.165) is 27.5 Å². The molecule has 1 heterocycles. The molecular formula is C17H13N3O2S. The van der Waals surface area contributed by atoms with Crippen molar-refractivity contribution >= 4 is 28.9 Å². The zero-order chi connectivity index (χ0) is 16.2. The summed E-state index contributed by atoms with van der Waals surface area (Å²) in [7, 11) is 0. The molecular weight excluding hydrogens is 310 g/mol. The van der Waals surface area contributed by atoms with Crippen molar-refractivity contribution in [2.75, 3.05) is 0 Å². The van der Waals surface area contributed by atoms with Crippen molar-refractivity contribution in [3.05, 3.63) is 74.6 Å². The zero-order valence-electron chi connectivity index (χ0n) is 12.3. The van der Waals surface area contributed by atoms with E-state index in [1.54, 1.807) is 29.7 Å². The van der Waals surface area contributed by atoms with Crippen molar-refractivity contribution in [1.29, 1.82) is 0 Å². The molecule has 0 N–H and O–H groups in total. The zero-order valence-corrected chi connectivity index (χ0v) is 13.2. The lowest BCUT2D eigenvalue weighted by Gasteiger charge is -1.98. The Morgan fingerprint density at radius 2 is 1.83 bits per heavy atom. The van der Waals surface area contributed by atoms with Gasteiger partial charge in [0.1, 0.15) is 0 Å². The van der Waals surface area contributed by atoms with Gasteiger partial charge in [-0.1, -0.05) is 12.1 Å². The summed E-state index contributed by atoms with van der Waals surface area (Å²) in [4.78, 5) is 19.0. The summed E-state index contributed by atoms with van der Waals surface area (Å²) in [5, 5.41) is 13.7. The maximum Gasteiger partial charge on any atom is 0.269 e. The standard InChI is InChI=1S/C17H13N3O2S/c1-12-19-17(11-23-12)14-4-6-15(7-5-14)18-10-13-2-8-16(9-3-13)20(21)22/h2-11H,1H3. The Labute approximate surface area is 137 Å². The van der Waals surface area contributed by atoms with Crippen LogP contribution in [0.5, 0.6) is 0 Å². The third-order valence-electron chi connectivity index (χ3n) is 3.25. The minimum atomic E-state index is -0.417. The van der Waals surface area contributed by atoms with Gasteiger partial charge in [-0.05, 0) is 36.8 Å². The van der Waals surface area contributed by atoms with E-state index < -0.39 is 4.92 Å². The average Bonchev–Trinajstić information content (AvgIpc) is 3.00. The highest BCUT2D eigenvalue weighted by atomic mass is 32.1. The number of nitrogens with zero attached hydrogens (tertiary/aromatic N) is 3. The van der Waals surface area contributed by atoms with Crippen molar-refractivity contribution in [2.45, 2.75) is 6.92 Å². The largest absolute Gasteiger partial charge is 0.269 e. The fourth-order valence-corrected chi connectivity index (χ4v) is 2.67. The third-order valence-corrected chi connectivity index (χ3v) is 4.02. The molecule has 114 valence electrons. The average molecular weight is 323 g/mol. The number of benzene rings is 2. The molecule has 0 fully saturated rings. The van der Waals surface area contributed by atoms with Crippen molar-refractivity contribution in [3.8, 4) is 11.3 Å². The van der Waals surface area contributed by atoms with Crippen molar-refractivity contribution < 1.29 is 4.92 Å². The maximum absolute atomic E-state index is 10.6. The van der Waals surface area contributed by atoms with Gasteiger partial charge >= 0.3 is 0 Å². The van der Waals surface area contributed by atoms with Crippen LogP contribution in [0.15, 0.2) is 58.9 Å². The van der Waals surface area contributed by atoms with Crippen LogP contribution in [0.3, 0.4) is 0 Å². The fourth-order valence-electron chi connectivity index (χ4n) is 2.05. The minimum Gasteiger partial charge on any atom is -0.258 e. The van der Waals surface area contributed by atoms with E-state index in [2.05, 4.69) is 9.98 Å². The first-order chi connectivity index (χ1) is 11.1. The number of aryl methyl sites for hydroxylation is 1. The first-order valence-corrected chi connectivity index (χ1v) is 7.81. The molecule has 0 aliphatic heterocycles. The molecule has 23 heavy (non-hydrogen) atoms. The summed E-state index contributed by atoms with van der Waals surface area (Å²) in [6, 6.07) is 14.1. The number of rotatable bonds is 4. The lowest BCUT2D eigenvalue weighted by molar-refractivity contribution is -0.384. The smallest absolute Gasteiger partial charge is 0.258 e. The summed E-state index contributed by atoms with van der Waals surface area (Å²) >= 11 is 1.63. The van der Waals surface area contributed by atoms with Crippen LogP contribution in [0.1, 0.15) is 10.6 Å². The quantitative estimate of drug-likeness (QED) is 0.394. The molecule has 0 spiro atoms. The van der Waals surface area contributed by atoms with E-state index in [4.69, 9.17) is 0 Å². The first-order valence-electron chi connectivity index (χ1n) is 6.93. The van der Waals surface area contributed by atoms with Gasteiger partial charge in [0.05, 0.1) is 21.3 Å². The third kappa shape index (κ3) is 3.67. The molecule has 3 aromatic rings. The minimum absolute atomic E-state index is 0.0741. The molecule has 0 unspecified atom stereocenters. The molecule has 0 atom stereocenters. The fraction of sp³-hybridized carbons (Fsp3) is 0.0588. The highest BCUT2D eigenvalue weighted by molar-refractivity contribution is 7.09. The second kappa shape index (κ2) is 6.50. The molecule has 1 aromatic heterocycles. The summed E-state index contributed by atoms with van der Waals surface area (Å²) in [5.41, 5.74) is 3.74. The predicted octanol–water partition coefficient (Wildman–Crippen LogP) is 4.78. The normalized spacial score (nSPS) is 11.0. The van der Waals surface area contributed by atoms with E-state index in [-0.39, 0.29) is 5.69 Å². The number of aliphatic imine (C=N–C) groups is 1. The van der Waals surface area contributed by atoms with Crippen LogP contribution in [0.4, 0.5) is 11.4 Å². The number of nitro groups is 1. The Bertz CT molecular complexity index is 852. The monoisotopic (exact) mass is 323 g/mol. The summed E-state index contributed by atoms with van der Waals surface area (Å²) in [6.07, 6.45) is 1.69. The lowest BCUT2D eigenvalue weighted by Crippen LogP contribution is -1.88. The Morgan fingerprint density at radius 3 is 2.39 bits per heavy atom. The Hall–Kier alpha value is -2.86. The topological polar surface area (TPSA) is 68.4 Å². The summed E-state index contributed by atoms with van der Waals surface area (Å²) in [6.45, 7) is 1.98. The number of nitro benzene ring substituents is 1. The van der Waals surface area contributed by atoms with Crippen molar-refractivity contribution in [3.63, 3.8) is 0 Å². The Morgan fingerprint density at radius 1 is 1.13 bits per heavy atom. The molecule has 5 nitrogen and oxygen atoms in total. The molecule has 2 aromatic carbocycles. The molecule has 0 aliphatic carbocycles. The van der Waals surface area contributed by atoms with Crippen LogP contribution in [-0.4, -0.2) is 16.1 Å².